The fraction of sp³-hybridized carbons (Fsp3) is 0.188. The molecule has 8 heteroatoms. The first-order valence-electron chi connectivity index (χ1n) is 13.1. The quantitative estimate of drug-likeness (QED) is 0.218. The fourth-order valence-corrected chi connectivity index (χ4v) is 5.69. The van der Waals surface area contributed by atoms with Gasteiger partial charge in [-0.3, -0.25) is 24.6 Å². The number of rotatable bonds is 4. The van der Waals surface area contributed by atoms with E-state index in [2.05, 4.69) is 19.2 Å². The Morgan fingerprint density at radius 1 is 0.950 bits per heavy atom. The van der Waals surface area contributed by atoms with Crippen molar-refractivity contribution in [1.82, 2.24) is 0 Å². The molecule has 1 amide bonds. The number of carbonyl (C=O) groups is 2. The van der Waals surface area contributed by atoms with Crippen molar-refractivity contribution >= 4 is 28.8 Å². The predicted octanol–water partition coefficient (Wildman–Crippen LogP) is 7.31. The molecule has 0 radical (unpaired) electrons. The van der Waals surface area contributed by atoms with E-state index in [9.17, 15) is 19.7 Å². The lowest BCUT2D eigenvalue weighted by Crippen LogP contribution is -2.39. The van der Waals surface area contributed by atoms with Crippen LogP contribution in [0.3, 0.4) is 0 Å². The lowest BCUT2D eigenvalue weighted by Gasteiger charge is -2.36. The number of amides is 1. The second kappa shape index (κ2) is 9.64. The molecule has 0 spiro atoms. The van der Waals surface area contributed by atoms with E-state index in [1.165, 1.54) is 6.07 Å². The molecule has 4 aromatic rings. The van der Waals surface area contributed by atoms with E-state index in [0.29, 0.717) is 46.7 Å². The molecule has 1 N–H and O–H groups in total. The SMILES string of the molecule is CC1(C)CC(=O)C2=C(C1)Nc1ccccc1N(C(=O)c1ccccc1)[C@H]2c1ccc(-c2ccccc2[N+](=O)[O-])o1. The maximum absolute atomic E-state index is 14.3. The summed E-state index contributed by atoms with van der Waals surface area (Å²) < 4.78 is 6.32. The minimum Gasteiger partial charge on any atom is -0.458 e. The molecule has 1 aromatic heterocycles. The van der Waals surface area contributed by atoms with Crippen LogP contribution in [0.2, 0.25) is 0 Å². The van der Waals surface area contributed by atoms with Crippen molar-refractivity contribution in [1.29, 1.82) is 0 Å². The molecule has 40 heavy (non-hydrogen) atoms. The molecule has 2 aliphatic rings. The van der Waals surface area contributed by atoms with Crippen LogP contribution in [0, 0.1) is 15.5 Å². The third kappa shape index (κ3) is 4.37. The largest absolute Gasteiger partial charge is 0.458 e. The molecule has 8 nitrogen and oxygen atoms in total. The van der Waals surface area contributed by atoms with Crippen molar-refractivity contribution in [2.75, 3.05) is 10.2 Å². The molecule has 3 aromatic carbocycles. The van der Waals surface area contributed by atoms with Crippen LogP contribution in [0.25, 0.3) is 11.3 Å². The van der Waals surface area contributed by atoms with Gasteiger partial charge in [0.2, 0.25) is 0 Å². The normalized spacial score (nSPS) is 17.9. The summed E-state index contributed by atoms with van der Waals surface area (Å²) in [6.07, 6.45) is 0.912. The summed E-state index contributed by atoms with van der Waals surface area (Å²) >= 11 is 0. The molecular formula is C32H27N3O5. The minimum absolute atomic E-state index is 0.0777. The van der Waals surface area contributed by atoms with Gasteiger partial charge in [-0.1, -0.05) is 56.3 Å². The summed E-state index contributed by atoms with van der Waals surface area (Å²) in [6, 6.07) is 25.2. The number of nitro groups is 1. The highest BCUT2D eigenvalue weighted by Crippen LogP contribution is 2.49. The molecule has 0 fully saturated rings. The number of fused-ring (bicyclic) bond motifs is 1. The van der Waals surface area contributed by atoms with Gasteiger partial charge in [-0.2, -0.15) is 0 Å². The molecule has 0 unspecified atom stereocenters. The highest BCUT2D eigenvalue weighted by atomic mass is 16.6. The molecule has 2 heterocycles. The lowest BCUT2D eigenvalue weighted by atomic mass is 9.74. The number of hydrogen-bond donors (Lipinski definition) is 1. The number of para-hydroxylation sites is 3. The van der Waals surface area contributed by atoms with Crippen molar-refractivity contribution in [2.45, 2.75) is 32.7 Å². The summed E-state index contributed by atoms with van der Waals surface area (Å²) in [5, 5.41) is 15.2. The minimum atomic E-state index is -0.890. The van der Waals surface area contributed by atoms with Gasteiger partial charge < -0.3 is 9.73 Å². The molecular weight excluding hydrogens is 506 g/mol. The number of hydrogen-bond acceptors (Lipinski definition) is 6. The molecule has 6 rings (SSSR count). The van der Waals surface area contributed by atoms with Gasteiger partial charge in [-0.05, 0) is 54.3 Å². The molecule has 0 saturated heterocycles. The molecule has 0 bridgehead atoms. The molecule has 1 aliphatic heterocycles. The van der Waals surface area contributed by atoms with Crippen LogP contribution in [0.15, 0.2) is 107 Å². The number of benzene rings is 3. The van der Waals surface area contributed by atoms with E-state index in [4.69, 9.17) is 4.42 Å². The Kier molecular flexibility index (Phi) is 6.10. The Bertz CT molecular complexity index is 1690. The zero-order chi connectivity index (χ0) is 28.0. The molecule has 0 saturated carbocycles. The van der Waals surface area contributed by atoms with Gasteiger partial charge >= 0.3 is 0 Å². The van der Waals surface area contributed by atoms with E-state index in [1.54, 1.807) is 59.5 Å². The molecule has 1 aliphatic carbocycles. The van der Waals surface area contributed by atoms with Crippen LogP contribution in [0.5, 0.6) is 0 Å². The third-order valence-corrected chi connectivity index (χ3v) is 7.40. The predicted molar refractivity (Wildman–Crippen MR) is 152 cm³/mol. The average molecular weight is 534 g/mol. The Balaban J connectivity index is 1.59. The van der Waals surface area contributed by atoms with Crippen molar-refractivity contribution in [3.63, 3.8) is 0 Å². The highest BCUT2D eigenvalue weighted by Gasteiger charge is 2.44. The van der Waals surface area contributed by atoms with Gasteiger partial charge in [-0.25, -0.2) is 0 Å². The average Bonchev–Trinajstić information content (AvgIpc) is 3.37. The van der Waals surface area contributed by atoms with Gasteiger partial charge in [0, 0.05) is 29.3 Å². The first-order valence-corrected chi connectivity index (χ1v) is 13.1. The summed E-state index contributed by atoms with van der Waals surface area (Å²) in [5.74, 6) is 0.253. The second-order valence-electron chi connectivity index (χ2n) is 10.9. The molecule has 1 atom stereocenters. The van der Waals surface area contributed by atoms with Crippen LogP contribution in [0.1, 0.15) is 48.8 Å². The number of ketones is 1. The van der Waals surface area contributed by atoms with E-state index in [-0.39, 0.29) is 28.6 Å². The van der Waals surface area contributed by atoms with E-state index in [0.717, 1.165) is 5.70 Å². The first kappa shape index (κ1) is 25.3. The van der Waals surface area contributed by atoms with Gasteiger partial charge in [-0.15, -0.1) is 0 Å². The van der Waals surface area contributed by atoms with Gasteiger partial charge in [0.25, 0.3) is 11.6 Å². The van der Waals surface area contributed by atoms with Crippen molar-refractivity contribution in [3.8, 4) is 11.3 Å². The number of carbonyl (C=O) groups excluding carboxylic acids is 2. The van der Waals surface area contributed by atoms with Crippen LogP contribution in [0.4, 0.5) is 17.1 Å². The smallest absolute Gasteiger partial charge is 0.280 e. The van der Waals surface area contributed by atoms with Crippen molar-refractivity contribution in [3.05, 3.63) is 124 Å². The summed E-state index contributed by atoms with van der Waals surface area (Å²) in [4.78, 5) is 41.0. The number of anilines is 2. The number of nitrogens with zero attached hydrogens (tertiary/aromatic N) is 2. The van der Waals surface area contributed by atoms with Crippen molar-refractivity contribution < 1.29 is 18.9 Å². The first-order chi connectivity index (χ1) is 19.2. The maximum atomic E-state index is 14.3. The lowest BCUT2D eigenvalue weighted by molar-refractivity contribution is -0.384. The van der Waals surface area contributed by atoms with Crippen LogP contribution in [-0.4, -0.2) is 16.6 Å². The van der Waals surface area contributed by atoms with E-state index < -0.39 is 11.0 Å². The fourth-order valence-electron chi connectivity index (χ4n) is 5.69. The van der Waals surface area contributed by atoms with Gasteiger partial charge in [0.1, 0.15) is 17.6 Å². The zero-order valence-electron chi connectivity index (χ0n) is 22.1. The van der Waals surface area contributed by atoms with Crippen LogP contribution >= 0.6 is 0 Å². The Hall–Kier alpha value is -4.98. The van der Waals surface area contributed by atoms with Crippen LogP contribution in [-0.2, 0) is 4.79 Å². The topological polar surface area (TPSA) is 106 Å². The Morgan fingerprint density at radius 2 is 1.65 bits per heavy atom. The van der Waals surface area contributed by atoms with Crippen molar-refractivity contribution in [2.24, 2.45) is 5.41 Å². The number of Topliss-reactive ketones (excluding diaryl/α,β-unsaturated/α-hetero) is 1. The van der Waals surface area contributed by atoms with Gasteiger partial charge in [0.15, 0.2) is 5.78 Å². The van der Waals surface area contributed by atoms with E-state index >= 15 is 0 Å². The van der Waals surface area contributed by atoms with E-state index in [1.807, 2.05) is 30.3 Å². The number of nitro benzene ring substituents is 1. The number of furan rings is 1. The van der Waals surface area contributed by atoms with Crippen LogP contribution < -0.4 is 10.2 Å². The van der Waals surface area contributed by atoms with Gasteiger partial charge in [0.05, 0.1) is 21.9 Å². The molecule has 200 valence electrons. The number of allylic oxidation sites excluding steroid dienone is 1. The third-order valence-electron chi connectivity index (χ3n) is 7.40. The summed E-state index contributed by atoms with van der Waals surface area (Å²) in [7, 11) is 0. The summed E-state index contributed by atoms with van der Waals surface area (Å²) in [5.41, 5.74) is 2.91. The Labute approximate surface area is 231 Å². The summed E-state index contributed by atoms with van der Waals surface area (Å²) in [6.45, 7) is 4.10. The maximum Gasteiger partial charge on any atom is 0.280 e. The Morgan fingerprint density at radius 3 is 2.42 bits per heavy atom. The number of nitrogens with one attached hydrogen (secondary N) is 1. The second-order valence-corrected chi connectivity index (χ2v) is 10.9. The monoisotopic (exact) mass is 533 g/mol. The zero-order valence-corrected chi connectivity index (χ0v) is 22.1. The standard InChI is InChI=1S/C32H27N3O5/c1-32(2)18-23-29(26(36)19-32)30(28-17-16-27(40-28)21-12-6-8-14-24(21)35(38)39)34(25-15-9-7-13-22(25)33-23)31(37)20-10-4-3-5-11-20/h3-17,30,33H,18-19H2,1-2H3/t30-/m0/s1. The highest BCUT2D eigenvalue weighted by molar-refractivity contribution is 6.11.